The Bertz CT molecular complexity index is 730. The van der Waals surface area contributed by atoms with Crippen molar-refractivity contribution in [3.05, 3.63) is 52.4 Å². The van der Waals surface area contributed by atoms with Gasteiger partial charge in [0.1, 0.15) is 6.61 Å². The second-order valence-electron chi connectivity index (χ2n) is 4.71. The summed E-state index contributed by atoms with van der Waals surface area (Å²) in [5, 5.41) is -0.305. The summed E-state index contributed by atoms with van der Waals surface area (Å²) >= 11 is 4.35. The third-order valence-electron chi connectivity index (χ3n) is 3.11. The Kier molecular flexibility index (Phi) is 6.28. The molecular weight excluding hydrogens is 394 g/mol. The second-order valence-corrected chi connectivity index (χ2v) is 6.55. The molecule has 0 aliphatic carbocycles. The molecule has 0 aromatic heterocycles. The second kappa shape index (κ2) is 8.21. The first-order valence-corrected chi connectivity index (χ1v) is 8.60. The molecule has 1 aliphatic heterocycles. The average molecular weight is 410 g/mol. The van der Waals surface area contributed by atoms with Crippen LogP contribution in [-0.4, -0.2) is 36.3 Å². The van der Waals surface area contributed by atoms with Crippen molar-refractivity contribution in [1.29, 1.82) is 0 Å². The summed E-state index contributed by atoms with van der Waals surface area (Å²) in [7, 11) is 1.53. The van der Waals surface area contributed by atoms with E-state index in [0.717, 1.165) is 21.1 Å². The Balaban J connectivity index is 2.35. The fourth-order valence-corrected chi connectivity index (χ4v) is 3.29. The van der Waals surface area contributed by atoms with Crippen LogP contribution in [0.2, 0.25) is 0 Å². The van der Waals surface area contributed by atoms with Crippen LogP contribution >= 0.6 is 27.7 Å². The minimum atomic E-state index is -0.331. The lowest BCUT2D eigenvalue weighted by molar-refractivity contribution is -0.122. The van der Waals surface area contributed by atoms with Crippen molar-refractivity contribution >= 4 is 44.9 Å². The van der Waals surface area contributed by atoms with Crippen molar-refractivity contribution in [1.82, 2.24) is 4.90 Å². The van der Waals surface area contributed by atoms with E-state index in [-0.39, 0.29) is 17.7 Å². The van der Waals surface area contributed by atoms with Crippen molar-refractivity contribution in [2.45, 2.75) is 0 Å². The summed E-state index contributed by atoms with van der Waals surface area (Å²) < 4.78 is 11.6. The number of hydrogen-bond acceptors (Lipinski definition) is 5. The minimum Gasteiger partial charge on any atom is -0.493 e. The number of nitrogens with zero attached hydrogens (tertiary/aromatic N) is 1. The van der Waals surface area contributed by atoms with Gasteiger partial charge in [0.15, 0.2) is 11.5 Å². The fraction of sp³-hybridized carbons (Fsp3) is 0.176. The maximum Gasteiger partial charge on any atom is 0.293 e. The van der Waals surface area contributed by atoms with Crippen LogP contribution in [0.25, 0.3) is 6.08 Å². The molecule has 1 saturated heterocycles. The van der Waals surface area contributed by atoms with E-state index < -0.39 is 0 Å². The number of imide groups is 1. The Morgan fingerprint density at radius 3 is 2.62 bits per heavy atom. The molecule has 0 unspecified atom stereocenters. The molecule has 1 fully saturated rings. The van der Waals surface area contributed by atoms with Gasteiger partial charge < -0.3 is 9.47 Å². The Labute approximate surface area is 153 Å². The number of carbonyl (C=O) groups is 2. The van der Waals surface area contributed by atoms with E-state index in [9.17, 15) is 9.59 Å². The highest BCUT2D eigenvalue weighted by atomic mass is 79.9. The number of thioether (sulfide) groups is 1. The quantitative estimate of drug-likeness (QED) is 0.497. The first kappa shape index (κ1) is 18.4. The van der Waals surface area contributed by atoms with Crippen molar-refractivity contribution < 1.29 is 19.1 Å². The maximum atomic E-state index is 12.3. The third kappa shape index (κ3) is 3.91. The smallest absolute Gasteiger partial charge is 0.293 e. The molecule has 0 radical (unpaired) electrons. The number of carbonyl (C=O) groups excluding carboxylic acids is 2. The normalized spacial score (nSPS) is 15.8. The highest BCUT2D eigenvalue weighted by molar-refractivity contribution is 9.10. The molecule has 0 saturated carbocycles. The maximum absolute atomic E-state index is 12.3. The van der Waals surface area contributed by atoms with E-state index in [0.29, 0.717) is 28.6 Å². The van der Waals surface area contributed by atoms with Gasteiger partial charge in [0, 0.05) is 11.0 Å². The molecular formula is C17H16BrNO4S. The minimum absolute atomic E-state index is 0.195. The Morgan fingerprint density at radius 2 is 2.00 bits per heavy atom. The molecule has 1 aliphatic rings. The van der Waals surface area contributed by atoms with Crippen LogP contribution in [0, 0.1) is 0 Å². The summed E-state index contributed by atoms with van der Waals surface area (Å²) in [6, 6.07) is 3.49. The highest BCUT2D eigenvalue weighted by Crippen LogP contribution is 2.37. The zero-order valence-electron chi connectivity index (χ0n) is 13.1. The monoisotopic (exact) mass is 409 g/mol. The number of methoxy groups -OCH3 is 1. The van der Waals surface area contributed by atoms with E-state index >= 15 is 0 Å². The highest BCUT2D eigenvalue weighted by Gasteiger charge is 2.34. The molecule has 1 aromatic rings. The van der Waals surface area contributed by atoms with Crippen LogP contribution in [0.4, 0.5) is 4.79 Å². The van der Waals surface area contributed by atoms with Gasteiger partial charge in [-0.1, -0.05) is 34.7 Å². The molecule has 2 amide bonds. The lowest BCUT2D eigenvalue weighted by Crippen LogP contribution is -2.27. The molecule has 1 heterocycles. The van der Waals surface area contributed by atoms with Crippen LogP contribution in [0.5, 0.6) is 11.5 Å². The zero-order valence-corrected chi connectivity index (χ0v) is 15.5. The average Bonchev–Trinajstić information content (AvgIpc) is 2.82. The number of amides is 2. The molecule has 0 bridgehead atoms. The van der Waals surface area contributed by atoms with Gasteiger partial charge in [-0.2, -0.15) is 0 Å². The zero-order chi connectivity index (χ0) is 17.7. The fourth-order valence-electron chi connectivity index (χ4n) is 2.01. The van der Waals surface area contributed by atoms with Crippen LogP contribution in [0.15, 0.2) is 46.8 Å². The van der Waals surface area contributed by atoms with Gasteiger partial charge in [0.2, 0.25) is 0 Å². The van der Waals surface area contributed by atoms with Gasteiger partial charge in [-0.15, -0.1) is 6.58 Å². The van der Waals surface area contributed by atoms with Crippen molar-refractivity contribution in [2.24, 2.45) is 0 Å². The standard InChI is InChI=1S/C17H16BrNO4S/c1-4-6-19-16(20)15(24-17(19)21)9-11-8-13(22-3)14(10-12(11)18)23-7-5-2/h4-5,8-10H,1-2,6-7H2,3H3. The number of rotatable bonds is 7. The van der Waals surface area contributed by atoms with E-state index in [1.807, 2.05) is 0 Å². The molecule has 126 valence electrons. The SMILES string of the molecule is C=CCOc1cc(Br)c(C=C2SC(=O)N(CC=C)C2=O)cc1OC. The van der Waals surface area contributed by atoms with Crippen molar-refractivity contribution in [2.75, 3.05) is 20.3 Å². The van der Waals surface area contributed by atoms with E-state index in [4.69, 9.17) is 9.47 Å². The molecule has 5 nitrogen and oxygen atoms in total. The largest absolute Gasteiger partial charge is 0.493 e. The van der Waals surface area contributed by atoms with Gasteiger partial charge in [-0.25, -0.2) is 0 Å². The van der Waals surface area contributed by atoms with Crippen LogP contribution in [0.3, 0.4) is 0 Å². The predicted molar refractivity (Wildman–Crippen MR) is 99.3 cm³/mol. The summed E-state index contributed by atoms with van der Waals surface area (Å²) in [4.78, 5) is 25.6. The van der Waals surface area contributed by atoms with Gasteiger partial charge in [-0.05, 0) is 35.5 Å². The molecule has 2 rings (SSSR count). The van der Waals surface area contributed by atoms with Crippen LogP contribution in [-0.2, 0) is 4.79 Å². The summed E-state index contributed by atoms with van der Waals surface area (Å²) in [5.41, 5.74) is 0.710. The first-order valence-electron chi connectivity index (χ1n) is 6.99. The summed E-state index contributed by atoms with van der Waals surface area (Å²) in [6.07, 6.45) is 4.80. The third-order valence-corrected chi connectivity index (χ3v) is 4.71. The topological polar surface area (TPSA) is 55.8 Å². The van der Waals surface area contributed by atoms with Crippen LogP contribution in [0.1, 0.15) is 5.56 Å². The van der Waals surface area contributed by atoms with Gasteiger partial charge in [0.05, 0.1) is 12.0 Å². The van der Waals surface area contributed by atoms with Gasteiger partial charge >= 0.3 is 0 Å². The lowest BCUT2D eigenvalue weighted by atomic mass is 10.2. The number of benzene rings is 1. The van der Waals surface area contributed by atoms with E-state index in [2.05, 4.69) is 29.1 Å². The van der Waals surface area contributed by atoms with Gasteiger partial charge in [0.25, 0.3) is 11.1 Å². The number of ether oxygens (including phenoxy) is 2. The van der Waals surface area contributed by atoms with Gasteiger partial charge in [-0.3, -0.25) is 14.5 Å². The van der Waals surface area contributed by atoms with Crippen molar-refractivity contribution in [3.63, 3.8) is 0 Å². The van der Waals surface area contributed by atoms with Crippen LogP contribution < -0.4 is 9.47 Å². The molecule has 7 heteroatoms. The number of halogens is 1. The first-order chi connectivity index (χ1) is 11.5. The predicted octanol–water partition coefficient (Wildman–Crippen LogP) is 4.24. The molecule has 24 heavy (non-hydrogen) atoms. The lowest BCUT2D eigenvalue weighted by Gasteiger charge is -2.12. The Morgan fingerprint density at radius 1 is 1.25 bits per heavy atom. The Hall–Kier alpha value is -1.99. The molecule has 0 spiro atoms. The molecule has 1 aromatic carbocycles. The van der Waals surface area contributed by atoms with E-state index in [1.165, 1.54) is 13.2 Å². The van der Waals surface area contributed by atoms with E-state index in [1.54, 1.807) is 24.3 Å². The molecule has 0 N–H and O–H groups in total. The number of hydrogen-bond donors (Lipinski definition) is 0. The molecule has 0 atom stereocenters. The summed E-state index contributed by atoms with van der Waals surface area (Å²) in [5.74, 6) is 0.751. The van der Waals surface area contributed by atoms with Crippen molar-refractivity contribution in [3.8, 4) is 11.5 Å². The summed E-state index contributed by atoms with van der Waals surface area (Å²) in [6.45, 7) is 7.70.